The standard InChI is InChI=1S/C22H24FN5O4/c23-16-7-5-4-6-15(16)21-26-27-22(32-21)18(25-20(30)14-12-24-13-14)8-2-1-3-9-19(29)17-10-11-31-28-17/h4-7,10-11,14,18,24H,1-3,8-9,12-13H2,(H,25,30). The Hall–Kier alpha value is -3.40. The minimum absolute atomic E-state index is 0.0625. The van der Waals surface area contributed by atoms with Crippen LogP contribution in [-0.4, -0.2) is 40.1 Å². The molecule has 10 heteroatoms. The lowest BCUT2D eigenvalue weighted by Crippen LogP contribution is -2.51. The Bertz CT molecular complexity index is 1050. The highest BCUT2D eigenvalue weighted by Gasteiger charge is 2.29. The van der Waals surface area contributed by atoms with E-state index in [0.29, 0.717) is 38.0 Å². The van der Waals surface area contributed by atoms with Gasteiger partial charge >= 0.3 is 0 Å². The molecule has 168 valence electrons. The molecule has 2 aromatic heterocycles. The van der Waals surface area contributed by atoms with Crippen molar-refractivity contribution in [2.75, 3.05) is 13.1 Å². The van der Waals surface area contributed by atoms with Gasteiger partial charge in [0, 0.05) is 25.6 Å². The van der Waals surface area contributed by atoms with Gasteiger partial charge < -0.3 is 19.6 Å². The Morgan fingerprint density at radius 2 is 2.00 bits per heavy atom. The van der Waals surface area contributed by atoms with Gasteiger partial charge in [-0.3, -0.25) is 9.59 Å². The Morgan fingerprint density at radius 3 is 2.72 bits per heavy atom. The average molecular weight is 441 g/mol. The Labute approximate surface area is 183 Å². The molecule has 0 spiro atoms. The summed E-state index contributed by atoms with van der Waals surface area (Å²) in [5.74, 6) is -0.385. The van der Waals surface area contributed by atoms with E-state index in [2.05, 4.69) is 26.0 Å². The summed E-state index contributed by atoms with van der Waals surface area (Å²) in [6.45, 7) is 1.26. The molecule has 1 atom stereocenters. The molecule has 1 aliphatic heterocycles. The molecule has 3 heterocycles. The SMILES string of the molecule is O=C(CCCCCC(NC(=O)C1CNC1)c1nnc(-c2ccccc2F)o1)c1ccon1. The second kappa shape index (κ2) is 10.3. The number of nitrogens with zero attached hydrogens (tertiary/aromatic N) is 3. The van der Waals surface area contributed by atoms with E-state index in [1.165, 1.54) is 12.3 Å². The first-order valence-electron chi connectivity index (χ1n) is 10.6. The monoisotopic (exact) mass is 441 g/mol. The van der Waals surface area contributed by atoms with E-state index in [9.17, 15) is 14.0 Å². The molecule has 32 heavy (non-hydrogen) atoms. The number of aromatic nitrogens is 3. The van der Waals surface area contributed by atoms with E-state index in [-0.39, 0.29) is 35.0 Å². The van der Waals surface area contributed by atoms with Gasteiger partial charge in [-0.05, 0) is 25.0 Å². The van der Waals surface area contributed by atoms with Crippen molar-refractivity contribution in [2.24, 2.45) is 5.92 Å². The Kier molecular flexibility index (Phi) is 7.00. The molecule has 4 rings (SSSR count). The highest BCUT2D eigenvalue weighted by Crippen LogP contribution is 2.26. The van der Waals surface area contributed by atoms with Crippen molar-refractivity contribution >= 4 is 11.7 Å². The molecule has 1 amide bonds. The molecule has 0 saturated carbocycles. The molecular weight excluding hydrogens is 417 g/mol. The van der Waals surface area contributed by atoms with Gasteiger partial charge in [-0.25, -0.2) is 4.39 Å². The number of rotatable bonds is 11. The van der Waals surface area contributed by atoms with E-state index in [4.69, 9.17) is 8.94 Å². The topological polar surface area (TPSA) is 123 Å². The second-order valence-electron chi connectivity index (χ2n) is 7.75. The fourth-order valence-corrected chi connectivity index (χ4v) is 3.44. The normalized spacial score (nSPS) is 14.7. The van der Waals surface area contributed by atoms with E-state index in [1.807, 2.05) is 0 Å². The van der Waals surface area contributed by atoms with Gasteiger partial charge in [-0.15, -0.1) is 10.2 Å². The number of halogens is 1. The molecule has 1 aromatic carbocycles. The fraction of sp³-hybridized carbons (Fsp3) is 0.409. The van der Waals surface area contributed by atoms with Crippen LogP contribution in [0.4, 0.5) is 4.39 Å². The third-order valence-electron chi connectivity index (χ3n) is 5.43. The lowest BCUT2D eigenvalue weighted by atomic mass is 10.0. The number of unbranched alkanes of at least 4 members (excludes halogenated alkanes) is 2. The van der Waals surface area contributed by atoms with E-state index >= 15 is 0 Å². The predicted molar refractivity (Wildman–Crippen MR) is 111 cm³/mol. The number of carbonyl (C=O) groups is 2. The number of carbonyl (C=O) groups excluding carboxylic acids is 2. The smallest absolute Gasteiger partial charge is 0.250 e. The van der Waals surface area contributed by atoms with Crippen LogP contribution in [0.1, 0.15) is 54.5 Å². The summed E-state index contributed by atoms with van der Waals surface area (Å²) >= 11 is 0. The second-order valence-corrected chi connectivity index (χ2v) is 7.75. The van der Waals surface area contributed by atoms with Gasteiger partial charge in [0.15, 0.2) is 5.78 Å². The van der Waals surface area contributed by atoms with Crippen LogP contribution in [0.5, 0.6) is 0 Å². The molecule has 0 aliphatic carbocycles. The van der Waals surface area contributed by atoms with Gasteiger partial charge in [-0.1, -0.05) is 30.1 Å². The maximum Gasteiger partial charge on any atom is 0.250 e. The summed E-state index contributed by atoms with van der Waals surface area (Å²) in [5.41, 5.74) is 0.543. The minimum Gasteiger partial charge on any atom is -0.418 e. The van der Waals surface area contributed by atoms with Crippen molar-refractivity contribution in [1.82, 2.24) is 26.0 Å². The van der Waals surface area contributed by atoms with Gasteiger partial charge in [0.25, 0.3) is 5.89 Å². The van der Waals surface area contributed by atoms with Crippen LogP contribution in [-0.2, 0) is 4.79 Å². The van der Waals surface area contributed by atoms with Crippen LogP contribution < -0.4 is 10.6 Å². The van der Waals surface area contributed by atoms with E-state index in [0.717, 1.165) is 12.8 Å². The molecule has 1 unspecified atom stereocenters. The van der Waals surface area contributed by atoms with Gasteiger partial charge in [0.2, 0.25) is 11.8 Å². The summed E-state index contributed by atoms with van der Waals surface area (Å²) in [6, 6.07) is 7.22. The lowest BCUT2D eigenvalue weighted by Gasteiger charge is -2.27. The maximum atomic E-state index is 14.1. The zero-order valence-electron chi connectivity index (χ0n) is 17.4. The first-order valence-corrected chi connectivity index (χ1v) is 10.6. The van der Waals surface area contributed by atoms with Crippen molar-refractivity contribution in [3.05, 3.63) is 54.0 Å². The number of nitrogens with one attached hydrogen (secondary N) is 2. The van der Waals surface area contributed by atoms with Crippen molar-refractivity contribution in [3.63, 3.8) is 0 Å². The molecule has 9 nitrogen and oxygen atoms in total. The molecular formula is C22H24FN5O4. The number of benzene rings is 1. The average Bonchev–Trinajstić information content (AvgIpc) is 3.44. The summed E-state index contributed by atoms with van der Waals surface area (Å²) in [6.07, 6.45) is 4.49. The minimum atomic E-state index is -0.484. The maximum absolute atomic E-state index is 14.1. The van der Waals surface area contributed by atoms with Crippen molar-refractivity contribution < 1.29 is 22.9 Å². The molecule has 1 fully saturated rings. The fourth-order valence-electron chi connectivity index (χ4n) is 3.44. The van der Waals surface area contributed by atoms with Crippen LogP contribution in [0.2, 0.25) is 0 Å². The summed E-state index contributed by atoms with van der Waals surface area (Å²) in [7, 11) is 0. The predicted octanol–water partition coefficient (Wildman–Crippen LogP) is 3.07. The first-order chi connectivity index (χ1) is 15.6. The summed E-state index contributed by atoms with van der Waals surface area (Å²) in [5, 5.41) is 17.7. The first kappa shape index (κ1) is 21.8. The van der Waals surface area contributed by atoms with Crippen LogP contribution in [0, 0.1) is 11.7 Å². The largest absolute Gasteiger partial charge is 0.418 e. The number of hydrogen-bond donors (Lipinski definition) is 2. The van der Waals surface area contributed by atoms with Gasteiger partial charge in [-0.2, -0.15) is 0 Å². The van der Waals surface area contributed by atoms with Crippen molar-refractivity contribution in [3.8, 4) is 11.5 Å². The Morgan fingerprint density at radius 1 is 1.16 bits per heavy atom. The number of amides is 1. The third-order valence-corrected chi connectivity index (χ3v) is 5.43. The number of ketones is 1. The van der Waals surface area contributed by atoms with Gasteiger partial charge in [0.05, 0.1) is 11.5 Å². The summed E-state index contributed by atoms with van der Waals surface area (Å²) in [4.78, 5) is 24.5. The van der Waals surface area contributed by atoms with Crippen molar-refractivity contribution in [1.29, 1.82) is 0 Å². The zero-order chi connectivity index (χ0) is 22.3. The highest BCUT2D eigenvalue weighted by atomic mass is 19.1. The molecule has 2 N–H and O–H groups in total. The molecule has 1 aliphatic rings. The van der Waals surface area contributed by atoms with E-state index < -0.39 is 11.9 Å². The molecule has 0 bridgehead atoms. The van der Waals surface area contributed by atoms with Crippen LogP contribution in [0.3, 0.4) is 0 Å². The molecule has 3 aromatic rings. The Balaban J connectivity index is 1.36. The van der Waals surface area contributed by atoms with Crippen LogP contribution >= 0.6 is 0 Å². The van der Waals surface area contributed by atoms with E-state index in [1.54, 1.807) is 24.3 Å². The molecule has 0 radical (unpaired) electrons. The third kappa shape index (κ3) is 5.25. The van der Waals surface area contributed by atoms with Gasteiger partial charge in [0.1, 0.15) is 23.8 Å². The molecule has 1 saturated heterocycles. The lowest BCUT2D eigenvalue weighted by molar-refractivity contribution is -0.127. The highest BCUT2D eigenvalue weighted by molar-refractivity contribution is 5.93. The van der Waals surface area contributed by atoms with Crippen LogP contribution in [0.15, 0.2) is 45.5 Å². The number of Topliss-reactive ketones (excluding diaryl/α,β-unsaturated/α-hetero) is 1. The van der Waals surface area contributed by atoms with Crippen LogP contribution in [0.25, 0.3) is 11.5 Å². The summed E-state index contributed by atoms with van der Waals surface area (Å²) < 4.78 is 24.5. The quantitative estimate of drug-likeness (QED) is 0.344. The van der Waals surface area contributed by atoms with Crippen molar-refractivity contribution in [2.45, 2.75) is 38.1 Å². The zero-order valence-corrected chi connectivity index (χ0v) is 17.4. The number of hydrogen-bond acceptors (Lipinski definition) is 8.